The smallest absolute Gasteiger partial charge is 0.306 e. The molecule has 0 aliphatic heterocycles. The number of nitrogens with one attached hydrogen (secondary N) is 1. The van der Waals surface area contributed by atoms with E-state index >= 15 is 0 Å². The number of amides is 1. The second-order valence-corrected chi connectivity index (χ2v) is 19.7. The Hall–Kier alpha value is -2.70. The molecule has 394 valence electrons. The van der Waals surface area contributed by atoms with Gasteiger partial charge in [-0.2, -0.15) is 0 Å². The zero-order valence-electron chi connectivity index (χ0n) is 45.0. The van der Waals surface area contributed by atoms with E-state index in [1.54, 1.807) is 0 Å². The molecule has 3 atom stereocenters. The summed E-state index contributed by atoms with van der Waals surface area (Å²) in [4.78, 5) is 26.3. The number of unbranched alkanes of at least 4 members (excludes halogenated alkanes) is 28. The highest BCUT2D eigenvalue weighted by Gasteiger charge is 2.24. The monoisotopic (exact) mass is 950 g/mol. The minimum Gasteiger partial charge on any atom is -0.462 e. The van der Waals surface area contributed by atoms with Crippen LogP contribution in [0.1, 0.15) is 284 Å². The molecule has 1 amide bonds. The third kappa shape index (κ3) is 49.7. The average Bonchev–Trinajstić information content (AvgIpc) is 3.33. The fourth-order valence-corrected chi connectivity index (χ4v) is 8.63. The molecule has 0 aliphatic rings. The Morgan fingerprint density at radius 3 is 1.24 bits per heavy atom. The lowest BCUT2D eigenvalue weighted by molar-refractivity contribution is -0.151. The predicted molar refractivity (Wildman–Crippen MR) is 296 cm³/mol. The third-order valence-corrected chi connectivity index (χ3v) is 13.0. The second-order valence-electron chi connectivity index (χ2n) is 19.7. The van der Waals surface area contributed by atoms with Crippen LogP contribution in [0.25, 0.3) is 0 Å². The van der Waals surface area contributed by atoms with Gasteiger partial charge in [0.15, 0.2) is 0 Å². The van der Waals surface area contributed by atoms with Gasteiger partial charge in [0.1, 0.15) is 6.10 Å². The van der Waals surface area contributed by atoms with Crippen LogP contribution < -0.4 is 5.32 Å². The molecule has 0 heterocycles. The number of aliphatic hydroxyl groups excluding tert-OH is 2. The van der Waals surface area contributed by atoms with Gasteiger partial charge in [0.2, 0.25) is 5.91 Å². The van der Waals surface area contributed by atoms with Gasteiger partial charge in [0.05, 0.1) is 25.2 Å². The first-order valence-corrected chi connectivity index (χ1v) is 29.2. The summed E-state index contributed by atoms with van der Waals surface area (Å²) in [7, 11) is 0. The lowest BCUT2D eigenvalue weighted by Gasteiger charge is -2.24. The Labute approximate surface area is 421 Å². The summed E-state index contributed by atoms with van der Waals surface area (Å²) >= 11 is 0. The van der Waals surface area contributed by atoms with Crippen molar-refractivity contribution < 1.29 is 24.5 Å². The number of ether oxygens (including phenoxy) is 1. The number of hydrogen-bond donors (Lipinski definition) is 3. The molecule has 0 spiro atoms. The van der Waals surface area contributed by atoms with Gasteiger partial charge in [-0.3, -0.25) is 9.59 Å². The Bertz CT molecular complexity index is 1250. The number of carbonyl (C=O) groups excluding carboxylic acids is 2. The summed E-state index contributed by atoms with van der Waals surface area (Å²) in [5.74, 6) is -0.522. The van der Waals surface area contributed by atoms with Gasteiger partial charge in [-0.25, -0.2) is 0 Å². The molecular formula is C62H111NO5. The number of rotatable bonds is 52. The highest BCUT2D eigenvalue weighted by Crippen LogP contribution is 2.18. The highest BCUT2D eigenvalue weighted by atomic mass is 16.5. The minimum atomic E-state index is -0.801. The van der Waals surface area contributed by atoms with Crippen LogP contribution in [0.5, 0.6) is 0 Å². The summed E-state index contributed by atoms with van der Waals surface area (Å²) in [5.41, 5.74) is 0. The van der Waals surface area contributed by atoms with Crippen LogP contribution in [-0.2, 0) is 14.3 Å². The van der Waals surface area contributed by atoms with Crippen molar-refractivity contribution >= 4 is 11.9 Å². The lowest BCUT2D eigenvalue weighted by Crippen LogP contribution is -2.46. The lowest BCUT2D eigenvalue weighted by atomic mass is 10.0. The largest absolute Gasteiger partial charge is 0.462 e. The van der Waals surface area contributed by atoms with E-state index in [-0.39, 0.29) is 24.9 Å². The normalized spacial score (nSPS) is 13.7. The van der Waals surface area contributed by atoms with Gasteiger partial charge in [-0.15, -0.1) is 0 Å². The molecule has 0 saturated carbocycles. The van der Waals surface area contributed by atoms with Gasteiger partial charge >= 0.3 is 5.97 Å². The molecule has 0 rings (SSSR count). The quantitative estimate of drug-likeness (QED) is 0.0321. The van der Waals surface area contributed by atoms with Crippen LogP contribution in [0.2, 0.25) is 0 Å². The van der Waals surface area contributed by atoms with Crippen molar-refractivity contribution in [3.63, 3.8) is 0 Å². The molecule has 0 aliphatic carbocycles. The Morgan fingerprint density at radius 2 is 0.794 bits per heavy atom. The number of allylic oxidation sites excluding steroid dienone is 12. The second kappa shape index (κ2) is 55.2. The van der Waals surface area contributed by atoms with E-state index in [2.05, 4.69) is 99.0 Å². The first kappa shape index (κ1) is 65.3. The summed E-state index contributed by atoms with van der Waals surface area (Å²) in [6, 6.07) is -0.717. The van der Waals surface area contributed by atoms with Crippen molar-refractivity contribution in [3.05, 3.63) is 72.9 Å². The Kier molecular flexibility index (Phi) is 53.0. The molecule has 0 aromatic carbocycles. The molecular weight excluding hydrogens is 839 g/mol. The van der Waals surface area contributed by atoms with E-state index in [1.807, 2.05) is 0 Å². The SMILES string of the molecule is CC/C=C\C/C=C\C/C=C\C/C=C\C/C=C\CCCCCC(=O)OC(CCCCC/C=C/CCCCCCCCC)CC(=O)NC(CO)C(O)CCCCCCCCCCCCCCCCCC. The minimum absolute atomic E-state index is 0.0520. The van der Waals surface area contributed by atoms with Gasteiger partial charge in [-0.05, 0) is 96.3 Å². The van der Waals surface area contributed by atoms with E-state index in [0.717, 1.165) is 109 Å². The van der Waals surface area contributed by atoms with Gasteiger partial charge < -0.3 is 20.3 Å². The van der Waals surface area contributed by atoms with Crippen LogP contribution in [0, 0.1) is 0 Å². The molecule has 0 bridgehead atoms. The molecule has 0 aromatic rings. The van der Waals surface area contributed by atoms with E-state index in [4.69, 9.17) is 4.74 Å². The zero-order chi connectivity index (χ0) is 49.5. The van der Waals surface area contributed by atoms with Crippen LogP contribution in [0.4, 0.5) is 0 Å². The summed E-state index contributed by atoms with van der Waals surface area (Å²) in [5, 5.41) is 23.9. The maximum atomic E-state index is 13.3. The Balaban J connectivity index is 4.61. The molecule has 6 heteroatoms. The molecule has 0 fully saturated rings. The van der Waals surface area contributed by atoms with E-state index in [0.29, 0.717) is 19.3 Å². The van der Waals surface area contributed by atoms with Crippen molar-refractivity contribution in [1.29, 1.82) is 0 Å². The van der Waals surface area contributed by atoms with E-state index < -0.39 is 18.2 Å². The van der Waals surface area contributed by atoms with Crippen LogP contribution in [0.3, 0.4) is 0 Å². The number of esters is 1. The maximum absolute atomic E-state index is 13.3. The van der Waals surface area contributed by atoms with Crippen molar-refractivity contribution in [3.8, 4) is 0 Å². The number of aliphatic hydroxyl groups is 2. The zero-order valence-corrected chi connectivity index (χ0v) is 45.0. The standard InChI is InChI=1S/C62H111NO5/c1-4-7-10-13-16-19-22-25-28-30-31-32-34-37-40-43-46-49-52-55-62(67)68-58(53-50-47-44-41-38-35-27-24-21-18-15-12-9-6-3)56-61(66)63-59(57-64)60(65)54-51-48-45-42-39-36-33-29-26-23-20-17-14-11-8-5-2/h7,10,16,19,25,28,31-32,35,37-38,40,58-60,64-65H,4-6,8-9,11-15,17-18,20-24,26-27,29-30,33-34,36,39,41-57H2,1-3H3,(H,63,66)/b10-7-,19-16-,28-25-,32-31-,38-35+,40-37-. The van der Waals surface area contributed by atoms with Crippen LogP contribution >= 0.6 is 0 Å². The van der Waals surface area contributed by atoms with E-state index in [9.17, 15) is 19.8 Å². The van der Waals surface area contributed by atoms with Crippen molar-refractivity contribution in [1.82, 2.24) is 5.32 Å². The average molecular weight is 951 g/mol. The van der Waals surface area contributed by atoms with Crippen molar-refractivity contribution in [2.24, 2.45) is 0 Å². The Morgan fingerprint density at radius 1 is 0.441 bits per heavy atom. The number of hydrogen-bond acceptors (Lipinski definition) is 5. The summed E-state index contributed by atoms with van der Waals surface area (Å²) in [6.07, 6.45) is 71.1. The first-order valence-electron chi connectivity index (χ1n) is 29.2. The molecule has 3 unspecified atom stereocenters. The van der Waals surface area contributed by atoms with Gasteiger partial charge in [-0.1, -0.05) is 248 Å². The number of carbonyl (C=O) groups is 2. The summed E-state index contributed by atoms with van der Waals surface area (Å²) < 4.78 is 5.94. The molecule has 68 heavy (non-hydrogen) atoms. The molecule has 0 saturated heterocycles. The van der Waals surface area contributed by atoms with Crippen LogP contribution in [-0.4, -0.2) is 46.9 Å². The van der Waals surface area contributed by atoms with Crippen molar-refractivity contribution in [2.75, 3.05) is 6.61 Å². The van der Waals surface area contributed by atoms with E-state index in [1.165, 1.54) is 128 Å². The fourth-order valence-electron chi connectivity index (χ4n) is 8.63. The topological polar surface area (TPSA) is 95.9 Å². The predicted octanol–water partition coefficient (Wildman–Crippen LogP) is 18.1. The first-order chi connectivity index (χ1) is 33.5. The highest BCUT2D eigenvalue weighted by molar-refractivity contribution is 5.77. The summed E-state index contributed by atoms with van der Waals surface area (Å²) in [6.45, 7) is 6.38. The van der Waals surface area contributed by atoms with Gasteiger partial charge in [0.25, 0.3) is 0 Å². The molecule has 0 radical (unpaired) electrons. The molecule has 0 aromatic heterocycles. The molecule has 6 nitrogen and oxygen atoms in total. The molecule has 3 N–H and O–H groups in total. The third-order valence-electron chi connectivity index (χ3n) is 13.0. The fraction of sp³-hybridized carbons (Fsp3) is 0.774. The van der Waals surface area contributed by atoms with Crippen LogP contribution in [0.15, 0.2) is 72.9 Å². The van der Waals surface area contributed by atoms with Gasteiger partial charge in [0, 0.05) is 6.42 Å². The maximum Gasteiger partial charge on any atom is 0.306 e. The van der Waals surface area contributed by atoms with Crippen molar-refractivity contribution in [2.45, 2.75) is 302 Å².